The van der Waals surface area contributed by atoms with Crippen molar-refractivity contribution in [2.45, 2.75) is 17.7 Å². The molecule has 0 bridgehead atoms. The molecule has 2 amide bonds. The lowest BCUT2D eigenvalue weighted by Crippen LogP contribution is -2.53. The Hall–Kier alpha value is -2.58. The fourth-order valence-corrected chi connectivity index (χ4v) is 5.78. The SMILES string of the molecule is O=C(c1ccc([N+](=O)[O-])cc1Cl)N1CCC2(CC1)SCCN2C(=O)c1ccccc1. The number of nitrogens with zero attached hydrogens (tertiary/aromatic N) is 3. The number of non-ortho nitro benzene ring substituents is 1. The molecule has 0 N–H and O–H groups in total. The number of halogens is 1. The molecule has 2 aliphatic rings. The third-order valence-electron chi connectivity index (χ3n) is 5.67. The monoisotopic (exact) mass is 445 g/mol. The molecular formula is C21H20ClN3O4S. The number of carbonyl (C=O) groups excluding carboxylic acids is 2. The summed E-state index contributed by atoms with van der Waals surface area (Å²) in [5, 5.41) is 11.0. The Bertz CT molecular complexity index is 993. The van der Waals surface area contributed by atoms with E-state index in [-0.39, 0.29) is 33.0 Å². The fourth-order valence-electron chi connectivity index (χ4n) is 4.07. The van der Waals surface area contributed by atoms with Crippen molar-refractivity contribution in [1.82, 2.24) is 9.80 Å². The molecule has 2 saturated heterocycles. The molecule has 2 aliphatic heterocycles. The van der Waals surface area contributed by atoms with Crippen molar-refractivity contribution < 1.29 is 14.5 Å². The largest absolute Gasteiger partial charge is 0.338 e. The normalized spacial score (nSPS) is 17.9. The van der Waals surface area contributed by atoms with Crippen molar-refractivity contribution in [2.75, 3.05) is 25.4 Å². The standard InChI is InChI=1S/C21H20ClN3O4S/c22-18-14-16(25(28)29)6-7-17(18)20(27)23-10-8-21(9-11-23)24(12-13-30-21)19(26)15-4-2-1-3-5-15/h1-7,14H,8-13H2. The van der Waals surface area contributed by atoms with Gasteiger partial charge in [-0.2, -0.15) is 0 Å². The number of hydrogen-bond donors (Lipinski definition) is 0. The zero-order valence-corrected chi connectivity index (χ0v) is 17.7. The first kappa shape index (κ1) is 20.7. The Balaban J connectivity index is 1.47. The van der Waals surface area contributed by atoms with Crippen LogP contribution in [-0.4, -0.2) is 56.8 Å². The maximum absolute atomic E-state index is 13.0. The topological polar surface area (TPSA) is 83.8 Å². The number of rotatable bonds is 3. The molecule has 1 spiro atoms. The van der Waals surface area contributed by atoms with Gasteiger partial charge in [0, 0.05) is 43.1 Å². The lowest BCUT2D eigenvalue weighted by molar-refractivity contribution is -0.384. The van der Waals surface area contributed by atoms with Crippen molar-refractivity contribution in [3.8, 4) is 0 Å². The van der Waals surface area contributed by atoms with Gasteiger partial charge in [0.05, 0.1) is 20.4 Å². The Morgan fingerprint density at radius 3 is 2.37 bits per heavy atom. The van der Waals surface area contributed by atoms with Gasteiger partial charge in [0.15, 0.2) is 0 Å². The van der Waals surface area contributed by atoms with Gasteiger partial charge in [-0.05, 0) is 31.0 Å². The van der Waals surface area contributed by atoms with Gasteiger partial charge in [-0.1, -0.05) is 29.8 Å². The molecule has 7 nitrogen and oxygen atoms in total. The van der Waals surface area contributed by atoms with Crippen LogP contribution in [-0.2, 0) is 0 Å². The third-order valence-corrected chi connectivity index (χ3v) is 7.53. The summed E-state index contributed by atoms with van der Waals surface area (Å²) in [4.78, 5) is 39.7. The minimum Gasteiger partial charge on any atom is -0.338 e. The fraction of sp³-hybridized carbons (Fsp3) is 0.333. The molecule has 9 heteroatoms. The number of carbonyl (C=O) groups is 2. The van der Waals surface area contributed by atoms with Crippen LogP contribution in [0, 0.1) is 10.1 Å². The molecule has 156 valence electrons. The highest BCUT2D eigenvalue weighted by Gasteiger charge is 2.47. The average Bonchev–Trinajstić information content (AvgIpc) is 3.16. The van der Waals surface area contributed by atoms with Crippen molar-refractivity contribution in [3.05, 3.63) is 74.8 Å². The van der Waals surface area contributed by atoms with E-state index in [1.54, 1.807) is 16.7 Å². The molecule has 0 aliphatic carbocycles. The first-order chi connectivity index (χ1) is 14.4. The average molecular weight is 446 g/mol. The minimum atomic E-state index is -0.541. The van der Waals surface area contributed by atoms with Crippen LogP contribution in [0.4, 0.5) is 5.69 Å². The highest BCUT2D eigenvalue weighted by molar-refractivity contribution is 8.00. The molecular weight excluding hydrogens is 426 g/mol. The van der Waals surface area contributed by atoms with E-state index in [4.69, 9.17) is 11.6 Å². The van der Waals surface area contributed by atoms with Crippen LogP contribution in [0.3, 0.4) is 0 Å². The Morgan fingerprint density at radius 2 is 1.73 bits per heavy atom. The van der Waals surface area contributed by atoms with E-state index >= 15 is 0 Å². The maximum atomic E-state index is 13.0. The Kier molecular flexibility index (Phi) is 5.71. The molecule has 2 heterocycles. The number of nitro benzene ring substituents is 1. The Morgan fingerprint density at radius 1 is 1.03 bits per heavy atom. The van der Waals surface area contributed by atoms with E-state index in [2.05, 4.69) is 0 Å². The molecule has 4 rings (SSSR count). The van der Waals surface area contributed by atoms with Crippen molar-refractivity contribution in [3.63, 3.8) is 0 Å². The zero-order valence-electron chi connectivity index (χ0n) is 16.1. The summed E-state index contributed by atoms with van der Waals surface area (Å²) in [6.07, 6.45) is 1.35. The van der Waals surface area contributed by atoms with Crippen LogP contribution < -0.4 is 0 Å². The van der Waals surface area contributed by atoms with Crippen LogP contribution in [0.15, 0.2) is 48.5 Å². The van der Waals surface area contributed by atoms with Gasteiger partial charge in [-0.15, -0.1) is 11.8 Å². The molecule has 0 radical (unpaired) electrons. The van der Waals surface area contributed by atoms with Crippen molar-refractivity contribution in [1.29, 1.82) is 0 Å². The second-order valence-electron chi connectivity index (χ2n) is 7.33. The summed E-state index contributed by atoms with van der Waals surface area (Å²) >= 11 is 7.91. The summed E-state index contributed by atoms with van der Waals surface area (Å²) in [7, 11) is 0. The van der Waals surface area contributed by atoms with Crippen molar-refractivity contribution >= 4 is 40.9 Å². The highest BCUT2D eigenvalue weighted by atomic mass is 35.5. The van der Waals surface area contributed by atoms with Crippen LogP contribution >= 0.6 is 23.4 Å². The number of nitro groups is 1. The first-order valence-electron chi connectivity index (χ1n) is 9.65. The smallest absolute Gasteiger partial charge is 0.270 e. The minimum absolute atomic E-state index is 0.0267. The summed E-state index contributed by atoms with van der Waals surface area (Å²) in [6, 6.07) is 13.2. The van der Waals surface area contributed by atoms with Gasteiger partial charge in [0.25, 0.3) is 17.5 Å². The number of hydrogen-bond acceptors (Lipinski definition) is 5. The zero-order chi connectivity index (χ0) is 21.3. The predicted molar refractivity (Wildman–Crippen MR) is 116 cm³/mol. The molecule has 2 aromatic rings. The molecule has 0 atom stereocenters. The summed E-state index contributed by atoms with van der Waals surface area (Å²) in [6.45, 7) is 1.69. The quantitative estimate of drug-likeness (QED) is 0.525. The third kappa shape index (κ3) is 3.77. The van der Waals surface area contributed by atoms with Gasteiger partial charge in [-0.25, -0.2) is 0 Å². The molecule has 30 heavy (non-hydrogen) atoms. The second kappa shape index (κ2) is 8.28. The van der Waals surface area contributed by atoms with E-state index in [1.807, 2.05) is 35.2 Å². The van der Waals surface area contributed by atoms with Crippen LogP contribution in [0.5, 0.6) is 0 Å². The Labute approximate surface area is 183 Å². The van der Waals surface area contributed by atoms with E-state index in [0.29, 0.717) is 38.0 Å². The molecule has 2 fully saturated rings. The lowest BCUT2D eigenvalue weighted by atomic mass is 10.00. The number of benzene rings is 2. The second-order valence-corrected chi connectivity index (χ2v) is 9.19. The van der Waals surface area contributed by atoms with Gasteiger partial charge >= 0.3 is 0 Å². The van der Waals surface area contributed by atoms with Crippen LogP contribution in [0.2, 0.25) is 5.02 Å². The first-order valence-corrected chi connectivity index (χ1v) is 11.0. The predicted octanol–water partition coefficient (Wildman–Crippen LogP) is 4.07. The van der Waals surface area contributed by atoms with E-state index in [9.17, 15) is 19.7 Å². The van der Waals surface area contributed by atoms with Gasteiger partial charge in [-0.3, -0.25) is 19.7 Å². The van der Waals surface area contributed by atoms with Gasteiger partial charge in [0.2, 0.25) is 0 Å². The van der Waals surface area contributed by atoms with Gasteiger partial charge in [0.1, 0.15) is 0 Å². The molecule has 0 saturated carbocycles. The number of thioether (sulfide) groups is 1. The van der Waals surface area contributed by atoms with E-state index in [1.165, 1.54) is 18.2 Å². The van der Waals surface area contributed by atoms with Gasteiger partial charge < -0.3 is 9.80 Å². The van der Waals surface area contributed by atoms with Crippen molar-refractivity contribution in [2.24, 2.45) is 0 Å². The van der Waals surface area contributed by atoms with E-state index < -0.39 is 4.92 Å². The molecule has 2 aromatic carbocycles. The number of piperidine rings is 1. The molecule has 0 unspecified atom stereocenters. The summed E-state index contributed by atoms with van der Waals surface area (Å²) < 4.78 is 0. The maximum Gasteiger partial charge on any atom is 0.270 e. The highest BCUT2D eigenvalue weighted by Crippen LogP contribution is 2.44. The van der Waals surface area contributed by atoms with Crippen LogP contribution in [0.25, 0.3) is 0 Å². The summed E-state index contributed by atoms with van der Waals surface area (Å²) in [5.41, 5.74) is 0.789. The number of amides is 2. The lowest BCUT2D eigenvalue weighted by Gasteiger charge is -2.44. The van der Waals surface area contributed by atoms with E-state index in [0.717, 1.165) is 5.75 Å². The molecule has 0 aromatic heterocycles. The number of likely N-dealkylation sites (tertiary alicyclic amines) is 1. The van der Waals surface area contributed by atoms with Crippen LogP contribution in [0.1, 0.15) is 33.6 Å². The summed E-state index contributed by atoms with van der Waals surface area (Å²) in [5.74, 6) is 0.660.